The van der Waals surface area contributed by atoms with Gasteiger partial charge in [0.05, 0.1) is 15.7 Å². The zero-order valence-corrected chi connectivity index (χ0v) is 28.7. The molecule has 8 heteroatoms. The molecule has 2 heterocycles. The highest BCUT2D eigenvalue weighted by Gasteiger charge is 2.13. The highest BCUT2D eigenvalue weighted by atomic mass is 35.5. The van der Waals surface area contributed by atoms with Crippen molar-refractivity contribution in [3.05, 3.63) is 167 Å². The van der Waals surface area contributed by atoms with E-state index in [1.807, 2.05) is 97.1 Å². The largest absolute Gasteiger partial charge is 0.338 e. The monoisotopic (exact) mass is 690 g/mol. The van der Waals surface area contributed by atoms with Crippen LogP contribution in [0.4, 0.5) is 23.0 Å². The molecule has 6 nitrogen and oxygen atoms in total. The van der Waals surface area contributed by atoms with Gasteiger partial charge in [0.25, 0.3) is 0 Å². The molecule has 0 fully saturated rings. The fourth-order valence-electron chi connectivity index (χ4n) is 5.74. The van der Waals surface area contributed by atoms with Crippen molar-refractivity contribution in [2.75, 3.05) is 10.6 Å². The third kappa shape index (κ3) is 7.13. The third-order valence-electron chi connectivity index (χ3n) is 8.27. The molecule has 0 aliphatic heterocycles. The lowest BCUT2D eigenvalue weighted by Crippen LogP contribution is -1.99. The van der Waals surface area contributed by atoms with Crippen molar-refractivity contribution in [3.63, 3.8) is 0 Å². The van der Waals surface area contributed by atoms with Crippen molar-refractivity contribution in [1.82, 2.24) is 20.4 Å². The third-order valence-corrected chi connectivity index (χ3v) is 9.09. The van der Waals surface area contributed by atoms with Crippen molar-refractivity contribution < 1.29 is 0 Å². The van der Waals surface area contributed by atoms with Crippen molar-refractivity contribution >= 4 is 67.8 Å². The van der Waals surface area contributed by atoms with Gasteiger partial charge in [-0.1, -0.05) is 158 Å². The van der Waals surface area contributed by atoms with Crippen LogP contribution in [0.1, 0.15) is 12.5 Å². The first kappa shape index (κ1) is 32.7. The van der Waals surface area contributed by atoms with E-state index in [1.165, 1.54) is 5.56 Å². The molecular formula is C42H32Cl2N6. The number of halogens is 2. The number of hydrogen-bond acceptors (Lipinski definition) is 6. The minimum Gasteiger partial charge on any atom is -0.338 e. The van der Waals surface area contributed by atoms with Gasteiger partial charge < -0.3 is 10.6 Å². The Morgan fingerprint density at radius 2 is 0.980 bits per heavy atom. The average molecular weight is 692 g/mol. The van der Waals surface area contributed by atoms with Crippen molar-refractivity contribution in [3.8, 4) is 22.5 Å². The molecule has 0 aliphatic carbocycles. The summed E-state index contributed by atoms with van der Waals surface area (Å²) in [5, 5.41) is 29.6. The fourth-order valence-corrected chi connectivity index (χ4v) is 6.09. The van der Waals surface area contributed by atoms with Crippen molar-refractivity contribution in [2.24, 2.45) is 0 Å². The number of nitrogens with zero attached hydrogens (tertiary/aromatic N) is 4. The number of aromatic nitrogens is 4. The highest BCUT2D eigenvalue weighted by Crippen LogP contribution is 2.35. The van der Waals surface area contributed by atoms with E-state index >= 15 is 0 Å². The number of nitrogens with one attached hydrogen (secondary N) is 2. The standard InChI is InChI=1S/C22H19N3.C20H13Cl2N3/c1-2-16-9-8-12-18(15-16)23-22-20-14-7-6-13-19(20)21(24-25-22)17-10-4-3-5-11-17;21-16-11-6-12-17(18(16)22)23-20-15-10-5-4-9-14(15)19(24-25-20)13-7-2-1-3-8-13/h3-15H,2H2,1H3,(H,23,25);1-12H,(H,23,25). The van der Waals surface area contributed by atoms with Gasteiger partial charge in [-0.25, -0.2) is 0 Å². The van der Waals surface area contributed by atoms with Gasteiger partial charge in [-0.3, -0.25) is 0 Å². The first-order valence-electron chi connectivity index (χ1n) is 16.3. The summed E-state index contributed by atoms with van der Waals surface area (Å²) in [7, 11) is 0. The van der Waals surface area contributed by atoms with Gasteiger partial charge in [-0.05, 0) is 36.2 Å². The Kier molecular flexibility index (Phi) is 9.92. The van der Waals surface area contributed by atoms with E-state index in [2.05, 4.69) is 86.5 Å². The molecule has 0 amide bonds. The second kappa shape index (κ2) is 15.2. The summed E-state index contributed by atoms with van der Waals surface area (Å²) in [4.78, 5) is 0. The van der Waals surface area contributed by atoms with E-state index in [-0.39, 0.29) is 0 Å². The Morgan fingerprint density at radius 1 is 0.480 bits per heavy atom. The molecule has 0 spiro atoms. The van der Waals surface area contributed by atoms with Gasteiger partial charge in [0.2, 0.25) is 0 Å². The molecule has 2 aromatic heterocycles. The van der Waals surface area contributed by atoms with Gasteiger partial charge in [-0.2, -0.15) is 0 Å². The maximum absolute atomic E-state index is 6.28. The second-order valence-electron chi connectivity index (χ2n) is 11.5. The predicted molar refractivity (Wildman–Crippen MR) is 209 cm³/mol. The molecule has 6 aromatic carbocycles. The molecule has 244 valence electrons. The summed E-state index contributed by atoms with van der Waals surface area (Å²) in [6.45, 7) is 2.16. The molecule has 8 aromatic rings. The zero-order valence-electron chi connectivity index (χ0n) is 27.2. The number of hydrogen-bond donors (Lipinski definition) is 2. The van der Waals surface area contributed by atoms with Crippen LogP contribution in [0.3, 0.4) is 0 Å². The average Bonchev–Trinajstić information content (AvgIpc) is 3.18. The normalized spacial score (nSPS) is 10.8. The van der Waals surface area contributed by atoms with Crippen LogP contribution in [0.2, 0.25) is 10.0 Å². The Bertz CT molecular complexity index is 2400. The van der Waals surface area contributed by atoms with E-state index in [9.17, 15) is 0 Å². The summed E-state index contributed by atoms with van der Waals surface area (Å²) < 4.78 is 0. The molecule has 0 atom stereocenters. The maximum atomic E-state index is 6.28. The van der Waals surface area contributed by atoms with Gasteiger partial charge in [-0.15, -0.1) is 20.4 Å². The van der Waals surface area contributed by atoms with E-state index in [1.54, 1.807) is 6.07 Å². The van der Waals surface area contributed by atoms with Crippen molar-refractivity contribution in [2.45, 2.75) is 13.3 Å². The van der Waals surface area contributed by atoms with Crippen LogP contribution < -0.4 is 10.6 Å². The van der Waals surface area contributed by atoms with E-state index in [0.29, 0.717) is 21.6 Å². The smallest absolute Gasteiger partial charge is 0.161 e. The maximum Gasteiger partial charge on any atom is 0.161 e. The first-order chi connectivity index (χ1) is 24.6. The lowest BCUT2D eigenvalue weighted by atomic mass is 10.0. The van der Waals surface area contributed by atoms with Gasteiger partial charge >= 0.3 is 0 Å². The molecular weight excluding hydrogens is 659 g/mol. The topological polar surface area (TPSA) is 75.6 Å². The highest BCUT2D eigenvalue weighted by molar-refractivity contribution is 6.43. The molecule has 0 radical (unpaired) electrons. The number of anilines is 4. The van der Waals surface area contributed by atoms with Gasteiger partial charge in [0.15, 0.2) is 11.6 Å². The first-order valence-corrected chi connectivity index (χ1v) is 17.0. The zero-order chi connectivity index (χ0) is 34.3. The minimum atomic E-state index is 0.460. The Balaban J connectivity index is 0.000000157. The lowest BCUT2D eigenvalue weighted by Gasteiger charge is -2.12. The number of aryl methyl sites for hydroxylation is 1. The Hall–Kier alpha value is -5.82. The molecule has 0 saturated heterocycles. The summed E-state index contributed by atoms with van der Waals surface area (Å²) in [5.41, 5.74) is 6.88. The van der Waals surface area contributed by atoms with Crippen molar-refractivity contribution in [1.29, 1.82) is 0 Å². The molecule has 0 unspecified atom stereocenters. The fraction of sp³-hybridized carbons (Fsp3) is 0.0476. The Labute approximate surface area is 300 Å². The number of fused-ring (bicyclic) bond motifs is 2. The summed E-state index contributed by atoms with van der Waals surface area (Å²) in [5.74, 6) is 1.42. The van der Waals surface area contributed by atoms with E-state index in [4.69, 9.17) is 23.2 Å². The summed E-state index contributed by atoms with van der Waals surface area (Å²) in [6, 6.07) is 50.3. The molecule has 8 rings (SSSR count). The second-order valence-corrected chi connectivity index (χ2v) is 12.3. The number of rotatable bonds is 7. The molecule has 0 aliphatic rings. The Morgan fingerprint density at radius 3 is 1.54 bits per heavy atom. The predicted octanol–water partition coefficient (Wildman–Crippen LogP) is 11.9. The quantitative estimate of drug-likeness (QED) is 0.173. The van der Waals surface area contributed by atoms with Crippen LogP contribution in [0.15, 0.2) is 152 Å². The molecule has 50 heavy (non-hydrogen) atoms. The van der Waals surface area contributed by atoms with E-state index < -0.39 is 0 Å². The molecule has 2 N–H and O–H groups in total. The number of benzene rings is 6. The van der Waals surface area contributed by atoms with Crippen LogP contribution in [-0.4, -0.2) is 20.4 Å². The summed E-state index contributed by atoms with van der Waals surface area (Å²) in [6.07, 6.45) is 1.01. The van der Waals surface area contributed by atoms with Crippen LogP contribution in [0.25, 0.3) is 44.1 Å². The summed E-state index contributed by atoms with van der Waals surface area (Å²) >= 11 is 12.4. The van der Waals surface area contributed by atoms with Gasteiger partial charge in [0.1, 0.15) is 11.4 Å². The minimum absolute atomic E-state index is 0.460. The molecule has 0 bridgehead atoms. The van der Waals surface area contributed by atoms with Crippen LogP contribution in [0, 0.1) is 0 Å². The lowest BCUT2D eigenvalue weighted by molar-refractivity contribution is 1.06. The SMILES string of the molecule is CCc1cccc(Nc2nnc(-c3ccccc3)c3ccccc23)c1.Clc1cccc(Nc2nnc(-c3ccccc3)c3ccccc23)c1Cl. The molecule has 0 saturated carbocycles. The van der Waals surface area contributed by atoms with Crippen LogP contribution in [-0.2, 0) is 6.42 Å². The van der Waals surface area contributed by atoms with Crippen LogP contribution in [0.5, 0.6) is 0 Å². The van der Waals surface area contributed by atoms with Gasteiger partial charge in [0, 0.05) is 38.4 Å². The van der Waals surface area contributed by atoms with E-state index in [0.717, 1.165) is 62.0 Å². The van der Waals surface area contributed by atoms with Crippen LogP contribution >= 0.6 is 23.2 Å².